The van der Waals surface area contributed by atoms with Crippen molar-refractivity contribution in [1.82, 2.24) is 0 Å². The Morgan fingerprint density at radius 1 is 0.957 bits per heavy atom. The van der Waals surface area contributed by atoms with Gasteiger partial charge in [0.1, 0.15) is 24.4 Å². The Balaban J connectivity index is 1.32. The number of carbonyl (C=O) groups excluding carboxylic acids is 1. The predicted molar refractivity (Wildman–Crippen MR) is 168 cm³/mol. The van der Waals surface area contributed by atoms with Crippen LogP contribution in [0, 0.1) is 57.2 Å². The molecule has 5 fully saturated rings. The minimum Gasteiger partial charge on any atom is -0.432 e. The smallest absolute Gasteiger partial charge is 0.311 e. The summed E-state index contributed by atoms with van der Waals surface area (Å²) in [6, 6.07) is 0. The van der Waals surface area contributed by atoms with Crippen LogP contribution in [0.4, 0.5) is 0 Å². The number of aliphatic hydroxyl groups excluding tert-OH is 6. The van der Waals surface area contributed by atoms with Crippen LogP contribution < -0.4 is 0 Å². The number of carbonyl (C=O) groups is 1. The highest BCUT2D eigenvalue weighted by Gasteiger charge is 2.70. The SMILES string of the molecule is CC1CC(C(=O)OC2OC(CO)C(O)C(O)C2O)C2CCC3(C)C(=CCC4C5(C)CC(O)C(O)C(C)(C)C5CCC43C)C2C1(C)O. The first-order valence-electron chi connectivity index (χ1n) is 17.6. The molecular formula is C36H58O10. The zero-order chi connectivity index (χ0) is 33.9. The van der Waals surface area contributed by atoms with E-state index in [4.69, 9.17) is 9.47 Å². The van der Waals surface area contributed by atoms with Gasteiger partial charge in [0.25, 0.3) is 0 Å². The molecule has 0 aromatic heterocycles. The molecule has 1 saturated heterocycles. The lowest BCUT2D eigenvalue weighted by Crippen LogP contribution is -2.67. The van der Waals surface area contributed by atoms with Crippen LogP contribution in [0.25, 0.3) is 0 Å². The van der Waals surface area contributed by atoms with Crippen LogP contribution in [0.5, 0.6) is 0 Å². The summed E-state index contributed by atoms with van der Waals surface area (Å²) in [5.74, 6) is -1.34. The van der Waals surface area contributed by atoms with Crippen molar-refractivity contribution < 1.29 is 50.0 Å². The second-order valence-electron chi connectivity index (χ2n) is 17.6. The van der Waals surface area contributed by atoms with E-state index in [-0.39, 0.29) is 45.8 Å². The number of fused-ring (bicyclic) bond motifs is 7. The number of aliphatic hydroxyl groups is 7. The minimum absolute atomic E-state index is 0.117. The Kier molecular flexibility index (Phi) is 8.46. The van der Waals surface area contributed by atoms with E-state index in [0.717, 1.165) is 25.7 Å². The van der Waals surface area contributed by atoms with Gasteiger partial charge in [-0.2, -0.15) is 0 Å². The zero-order valence-electron chi connectivity index (χ0n) is 28.6. The summed E-state index contributed by atoms with van der Waals surface area (Å²) in [5, 5.41) is 75.0. The second-order valence-corrected chi connectivity index (χ2v) is 17.6. The van der Waals surface area contributed by atoms with Gasteiger partial charge in [0, 0.05) is 5.92 Å². The Bertz CT molecular complexity index is 1230. The second kappa shape index (κ2) is 11.2. The van der Waals surface area contributed by atoms with E-state index in [1.165, 1.54) is 5.57 Å². The molecule has 0 aromatic carbocycles. The summed E-state index contributed by atoms with van der Waals surface area (Å²) in [7, 11) is 0. The molecule has 1 heterocycles. The molecule has 0 amide bonds. The monoisotopic (exact) mass is 650 g/mol. The van der Waals surface area contributed by atoms with E-state index < -0.39 is 72.4 Å². The molecule has 10 nitrogen and oxygen atoms in total. The van der Waals surface area contributed by atoms with Crippen molar-refractivity contribution in [3.8, 4) is 0 Å². The van der Waals surface area contributed by atoms with Gasteiger partial charge in [-0.05, 0) is 97.2 Å². The van der Waals surface area contributed by atoms with Crippen LogP contribution in [0.3, 0.4) is 0 Å². The van der Waals surface area contributed by atoms with Crippen molar-refractivity contribution in [3.05, 3.63) is 11.6 Å². The van der Waals surface area contributed by atoms with Gasteiger partial charge >= 0.3 is 5.97 Å². The fraction of sp³-hybridized carbons (Fsp3) is 0.917. The van der Waals surface area contributed by atoms with Gasteiger partial charge in [-0.1, -0.05) is 53.2 Å². The topological polar surface area (TPSA) is 177 Å². The molecule has 4 saturated carbocycles. The maximum Gasteiger partial charge on any atom is 0.311 e. The van der Waals surface area contributed by atoms with Gasteiger partial charge in [0.2, 0.25) is 6.29 Å². The first-order chi connectivity index (χ1) is 21.3. The third-order valence-electron chi connectivity index (χ3n) is 15.3. The molecule has 6 aliphatic rings. The number of hydrogen-bond donors (Lipinski definition) is 7. The highest BCUT2D eigenvalue weighted by molar-refractivity contribution is 5.73. The molecule has 17 atom stereocenters. The average Bonchev–Trinajstić information content (AvgIpc) is 2.98. The molecule has 6 rings (SSSR count). The summed E-state index contributed by atoms with van der Waals surface area (Å²) < 4.78 is 11.2. The van der Waals surface area contributed by atoms with E-state index in [2.05, 4.69) is 40.7 Å². The zero-order valence-corrected chi connectivity index (χ0v) is 28.6. The fourth-order valence-electron chi connectivity index (χ4n) is 12.4. The Hall–Kier alpha value is -1.11. The molecule has 7 N–H and O–H groups in total. The molecule has 17 unspecified atom stereocenters. The molecule has 0 spiro atoms. The molecule has 10 heteroatoms. The van der Waals surface area contributed by atoms with Gasteiger partial charge in [0.05, 0.1) is 30.3 Å². The number of ether oxygens (including phenoxy) is 2. The van der Waals surface area contributed by atoms with Gasteiger partial charge in [-0.25, -0.2) is 0 Å². The quantitative estimate of drug-likeness (QED) is 0.177. The van der Waals surface area contributed by atoms with E-state index in [1.54, 1.807) is 0 Å². The number of esters is 1. The number of hydrogen-bond acceptors (Lipinski definition) is 10. The molecule has 46 heavy (non-hydrogen) atoms. The fourth-order valence-corrected chi connectivity index (χ4v) is 12.4. The summed E-state index contributed by atoms with van der Waals surface area (Å²) in [5.41, 5.74) is -0.806. The first-order valence-corrected chi connectivity index (χ1v) is 17.6. The van der Waals surface area contributed by atoms with Crippen molar-refractivity contribution in [2.24, 2.45) is 57.2 Å². The van der Waals surface area contributed by atoms with Crippen LogP contribution >= 0.6 is 0 Å². The summed E-state index contributed by atoms with van der Waals surface area (Å²) in [6.07, 6.45) is -1.54. The van der Waals surface area contributed by atoms with Crippen molar-refractivity contribution >= 4 is 5.97 Å². The van der Waals surface area contributed by atoms with E-state index in [0.29, 0.717) is 19.3 Å². The summed E-state index contributed by atoms with van der Waals surface area (Å²) in [6.45, 7) is 14.5. The maximum absolute atomic E-state index is 13.9. The Morgan fingerprint density at radius 3 is 2.28 bits per heavy atom. The van der Waals surface area contributed by atoms with Crippen LogP contribution in [0.1, 0.15) is 93.4 Å². The van der Waals surface area contributed by atoms with E-state index >= 15 is 0 Å². The predicted octanol–water partition coefficient (Wildman–Crippen LogP) is 2.29. The molecule has 262 valence electrons. The van der Waals surface area contributed by atoms with E-state index in [9.17, 15) is 40.5 Å². The lowest BCUT2D eigenvalue weighted by Gasteiger charge is -2.71. The van der Waals surface area contributed by atoms with Crippen molar-refractivity contribution in [2.45, 2.75) is 142 Å². The third-order valence-corrected chi connectivity index (χ3v) is 15.3. The maximum atomic E-state index is 13.9. The van der Waals surface area contributed by atoms with Crippen LogP contribution in [-0.4, -0.2) is 96.8 Å². The molecule has 0 bridgehead atoms. The van der Waals surface area contributed by atoms with Crippen LogP contribution in [-0.2, 0) is 14.3 Å². The molecular weight excluding hydrogens is 592 g/mol. The van der Waals surface area contributed by atoms with Gasteiger partial charge in [-0.3, -0.25) is 4.79 Å². The first kappa shape index (κ1) is 34.7. The summed E-state index contributed by atoms with van der Waals surface area (Å²) in [4.78, 5) is 13.9. The van der Waals surface area contributed by atoms with Crippen molar-refractivity contribution in [3.63, 3.8) is 0 Å². The summed E-state index contributed by atoms with van der Waals surface area (Å²) >= 11 is 0. The molecule has 0 radical (unpaired) electrons. The lowest BCUT2D eigenvalue weighted by molar-refractivity contribution is -0.295. The molecule has 5 aliphatic carbocycles. The minimum atomic E-state index is -1.67. The van der Waals surface area contributed by atoms with Gasteiger partial charge in [0.15, 0.2) is 0 Å². The molecule has 1 aliphatic heterocycles. The largest absolute Gasteiger partial charge is 0.432 e. The third kappa shape index (κ3) is 4.60. The normalized spacial score (nSPS) is 56.4. The van der Waals surface area contributed by atoms with Gasteiger partial charge < -0.3 is 45.2 Å². The molecule has 0 aromatic rings. The Morgan fingerprint density at radius 2 is 1.63 bits per heavy atom. The highest BCUT2D eigenvalue weighted by Crippen LogP contribution is 2.75. The highest BCUT2D eigenvalue weighted by atomic mass is 16.7. The average molecular weight is 651 g/mol. The number of rotatable bonds is 3. The van der Waals surface area contributed by atoms with Gasteiger partial charge in [-0.15, -0.1) is 0 Å². The number of allylic oxidation sites excluding steroid dienone is 1. The lowest BCUT2D eigenvalue weighted by atomic mass is 9.34. The van der Waals surface area contributed by atoms with Crippen LogP contribution in [0.15, 0.2) is 11.6 Å². The Labute approximate surface area is 273 Å². The van der Waals surface area contributed by atoms with E-state index in [1.807, 2.05) is 13.8 Å². The van der Waals surface area contributed by atoms with Crippen molar-refractivity contribution in [1.29, 1.82) is 0 Å². The standard InChI is InChI=1S/C36H58O10/c1-17-14-19(30(43)46-31-28(41)27(40)26(39)22(16-37)45-31)18-10-12-34(5)20(25(18)36(17,7)44)8-9-24-33(4)15-21(38)29(42)32(2,3)23(33)11-13-35(24,34)6/h8,17-19,21-29,31,37-42,44H,9-16H2,1-7H3. The van der Waals surface area contributed by atoms with Crippen molar-refractivity contribution in [2.75, 3.05) is 6.61 Å². The van der Waals surface area contributed by atoms with Crippen LogP contribution in [0.2, 0.25) is 0 Å².